The van der Waals surface area contributed by atoms with E-state index in [-0.39, 0.29) is 0 Å². The van der Waals surface area contributed by atoms with Crippen LogP contribution in [0.2, 0.25) is 0 Å². The fourth-order valence-electron chi connectivity index (χ4n) is 3.95. The average Bonchev–Trinajstić information content (AvgIpc) is 2.91. The number of nitrogens with zero attached hydrogens (tertiary/aromatic N) is 2. The number of piperazine rings is 1. The van der Waals surface area contributed by atoms with E-state index in [4.69, 9.17) is 0 Å². The molecule has 1 aromatic carbocycles. The van der Waals surface area contributed by atoms with Crippen molar-refractivity contribution in [1.82, 2.24) is 9.80 Å². The number of hydrogen-bond donors (Lipinski definition) is 0. The average molecular weight is 272 g/mol. The zero-order chi connectivity index (χ0) is 13.9. The molecule has 0 radical (unpaired) electrons. The minimum absolute atomic E-state index is 0.772. The molecule has 2 fully saturated rings. The number of hydrogen-bond acceptors (Lipinski definition) is 2. The fourth-order valence-corrected chi connectivity index (χ4v) is 3.95. The molecule has 0 saturated carbocycles. The Labute approximate surface area is 123 Å². The first-order valence-electron chi connectivity index (χ1n) is 8.30. The third-order valence-corrected chi connectivity index (χ3v) is 5.15. The lowest BCUT2D eigenvalue weighted by Crippen LogP contribution is -2.56. The van der Waals surface area contributed by atoms with Crippen LogP contribution in [0.4, 0.5) is 0 Å². The summed E-state index contributed by atoms with van der Waals surface area (Å²) >= 11 is 0. The van der Waals surface area contributed by atoms with Crippen LogP contribution in [0.1, 0.15) is 37.3 Å². The SMILES string of the molecule is CCC1CN2CCCC2CN1CCc1cccc(C)c1. The van der Waals surface area contributed by atoms with Gasteiger partial charge in [0.15, 0.2) is 0 Å². The van der Waals surface area contributed by atoms with Crippen LogP contribution < -0.4 is 0 Å². The second-order valence-electron chi connectivity index (χ2n) is 6.59. The second kappa shape index (κ2) is 6.28. The number of aryl methyl sites for hydroxylation is 1. The van der Waals surface area contributed by atoms with Gasteiger partial charge in [0.1, 0.15) is 0 Å². The van der Waals surface area contributed by atoms with Crippen molar-refractivity contribution >= 4 is 0 Å². The van der Waals surface area contributed by atoms with Crippen LogP contribution in [-0.4, -0.2) is 48.1 Å². The molecule has 0 aromatic heterocycles. The van der Waals surface area contributed by atoms with Crippen molar-refractivity contribution in [3.05, 3.63) is 35.4 Å². The van der Waals surface area contributed by atoms with E-state index in [1.807, 2.05) is 0 Å². The lowest BCUT2D eigenvalue weighted by Gasteiger charge is -2.43. The van der Waals surface area contributed by atoms with E-state index in [2.05, 4.69) is 47.9 Å². The predicted octanol–water partition coefficient (Wildman–Crippen LogP) is 3.10. The Morgan fingerprint density at radius 3 is 2.95 bits per heavy atom. The van der Waals surface area contributed by atoms with Gasteiger partial charge in [-0.15, -0.1) is 0 Å². The van der Waals surface area contributed by atoms with Gasteiger partial charge in [0.25, 0.3) is 0 Å². The van der Waals surface area contributed by atoms with E-state index < -0.39 is 0 Å². The van der Waals surface area contributed by atoms with E-state index in [0.717, 1.165) is 12.1 Å². The molecule has 110 valence electrons. The van der Waals surface area contributed by atoms with Crippen molar-refractivity contribution in [2.45, 2.75) is 51.6 Å². The van der Waals surface area contributed by atoms with Gasteiger partial charge in [-0.05, 0) is 44.7 Å². The minimum atomic E-state index is 0.772. The van der Waals surface area contributed by atoms with Gasteiger partial charge in [-0.25, -0.2) is 0 Å². The summed E-state index contributed by atoms with van der Waals surface area (Å²) in [5.74, 6) is 0. The van der Waals surface area contributed by atoms with Crippen molar-refractivity contribution in [2.24, 2.45) is 0 Å². The molecular formula is C18H28N2. The summed E-state index contributed by atoms with van der Waals surface area (Å²) in [4.78, 5) is 5.49. The van der Waals surface area contributed by atoms with Gasteiger partial charge in [0, 0.05) is 31.7 Å². The van der Waals surface area contributed by atoms with Crippen LogP contribution in [0.15, 0.2) is 24.3 Å². The predicted molar refractivity (Wildman–Crippen MR) is 85.1 cm³/mol. The summed E-state index contributed by atoms with van der Waals surface area (Å²) in [6, 6.07) is 10.6. The van der Waals surface area contributed by atoms with Crippen molar-refractivity contribution in [2.75, 3.05) is 26.2 Å². The first-order valence-corrected chi connectivity index (χ1v) is 8.30. The molecule has 0 bridgehead atoms. The summed E-state index contributed by atoms with van der Waals surface area (Å²) in [7, 11) is 0. The molecule has 2 nitrogen and oxygen atoms in total. The molecule has 0 N–H and O–H groups in total. The highest BCUT2D eigenvalue weighted by molar-refractivity contribution is 5.22. The summed E-state index contributed by atoms with van der Waals surface area (Å²) in [5, 5.41) is 0. The Morgan fingerprint density at radius 2 is 2.15 bits per heavy atom. The summed E-state index contributed by atoms with van der Waals surface area (Å²) in [6.07, 6.45) is 5.31. The zero-order valence-corrected chi connectivity index (χ0v) is 13.0. The molecule has 2 heteroatoms. The Hall–Kier alpha value is -0.860. The number of rotatable bonds is 4. The van der Waals surface area contributed by atoms with Crippen LogP contribution in [0.25, 0.3) is 0 Å². The fraction of sp³-hybridized carbons (Fsp3) is 0.667. The highest BCUT2D eigenvalue weighted by Crippen LogP contribution is 2.26. The number of fused-ring (bicyclic) bond motifs is 1. The Balaban J connectivity index is 1.60. The van der Waals surface area contributed by atoms with E-state index in [1.54, 1.807) is 0 Å². The largest absolute Gasteiger partial charge is 0.298 e. The molecule has 1 aromatic rings. The standard InChI is InChI=1S/C18H28N2/c1-3-17-13-19-10-5-8-18(19)14-20(17)11-9-16-7-4-6-15(2)12-16/h4,6-7,12,17-18H,3,5,8-11,13-14H2,1-2H3. The summed E-state index contributed by atoms with van der Waals surface area (Å²) in [6.45, 7) is 9.70. The normalized spacial score (nSPS) is 27.7. The van der Waals surface area contributed by atoms with Gasteiger partial charge >= 0.3 is 0 Å². The first kappa shape index (κ1) is 14.1. The smallest absolute Gasteiger partial charge is 0.0224 e. The van der Waals surface area contributed by atoms with E-state index >= 15 is 0 Å². The molecule has 2 unspecified atom stereocenters. The van der Waals surface area contributed by atoms with Crippen LogP contribution in [-0.2, 0) is 6.42 Å². The van der Waals surface area contributed by atoms with Crippen LogP contribution >= 0.6 is 0 Å². The van der Waals surface area contributed by atoms with Crippen LogP contribution in [0.5, 0.6) is 0 Å². The molecule has 2 heterocycles. The van der Waals surface area contributed by atoms with E-state index in [9.17, 15) is 0 Å². The Kier molecular flexibility index (Phi) is 4.42. The molecule has 2 aliphatic rings. The maximum absolute atomic E-state index is 2.76. The minimum Gasteiger partial charge on any atom is -0.298 e. The molecular weight excluding hydrogens is 244 g/mol. The van der Waals surface area contributed by atoms with Crippen LogP contribution in [0.3, 0.4) is 0 Å². The highest BCUT2D eigenvalue weighted by atomic mass is 15.3. The Bertz CT molecular complexity index is 443. The van der Waals surface area contributed by atoms with Crippen LogP contribution in [0, 0.1) is 6.92 Å². The summed E-state index contributed by atoms with van der Waals surface area (Å²) in [5.41, 5.74) is 2.88. The van der Waals surface area contributed by atoms with E-state index in [0.29, 0.717) is 0 Å². The van der Waals surface area contributed by atoms with Crippen molar-refractivity contribution in [3.63, 3.8) is 0 Å². The van der Waals surface area contributed by atoms with Gasteiger partial charge in [-0.1, -0.05) is 36.8 Å². The third-order valence-electron chi connectivity index (χ3n) is 5.15. The monoisotopic (exact) mass is 272 g/mol. The molecule has 2 aliphatic heterocycles. The lowest BCUT2D eigenvalue weighted by atomic mass is 10.0. The first-order chi connectivity index (χ1) is 9.76. The van der Waals surface area contributed by atoms with Crippen molar-refractivity contribution in [3.8, 4) is 0 Å². The molecule has 20 heavy (non-hydrogen) atoms. The molecule has 0 spiro atoms. The molecule has 3 rings (SSSR count). The van der Waals surface area contributed by atoms with Gasteiger partial charge in [-0.3, -0.25) is 9.80 Å². The molecule has 2 atom stereocenters. The zero-order valence-electron chi connectivity index (χ0n) is 13.0. The third kappa shape index (κ3) is 3.07. The lowest BCUT2D eigenvalue weighted by molar-refractivity contribution is 0.0501. The molecule has 0 aliphatic carbocycles. The van der Waals surface area contributed by atoms with Crippen molar-refractivity contribution < 1.29 is 0 Å². The molecule has 2 saturated heterocycles. The highest BCUT2D eigenvalue weighted by Gasteiger charge is 2.34. The van der Waals surface area contributed by atoms with Gasteiger partial charge < -0.3 is 0 Å². The van der Waals surface area contributed by atoms with Gasteiger partial charge in [-0.2, -0.15) is 0 Å². The quantitative estimate of drug-likeness (QED) is 0.831. The van der Waals surface area contributed by atoms with E-state index in [1.165, 1.54) is 63.0 Å². The maximum Gasteiger partial charge on any atom is 0.0224 e. The van der Waals surface area contributed by atoms with Gasteiger partial charge in [0.2, 0.25) is 0 Å². The number of benzene rings is 1. The maximum atomic E-state index is 2.76. The second-order valence-corrected chi connectivity index (χ2v) is 6.59. The van der Waals surface area contributed by atoms with Crippen molar-refractivity contribution in [1.29, 1.82) is 0 Å². The Morgan fingerprint density at radius 1 is 1.25 bits per heavy atom. The van der Waals surface area contributed by atoms with Gasteiger partial charge in [0.05, 0.1) is 0 Å². The summed E-state index contributed by atoms with van der Waals surface area (Å²) < 4.78 is 0. The topological polar surface area (TPSA) is 6.48 Å². The molecule has 0 amide bonds.